The van der Waals surface area contributed by atoms with Crippen molar-refractivity contribution in [1.29, 1.82) is 0 Å². The van der Waals surface area contributed by atoms with Gasteiger partial charge in [-0.2, -0.15) is 0 Å². The number of hydrogen-bond acceptors (Lipinski definition) is 3. The van der Waals surface area contributed by atoms with E-state index in [1.807, 2.05) is 6.07 Å². The highest BCUT2D eigenvalue weighted by Crippen LogP contribution is 2.12. The molecule has 1 amide bonds. The van der Waals surface area contributed by atoms with Crippen LogP contribution in [0.2, 0.25) is 0 Å². The van der Waals surface area contributed by atoms with Crippen molar-refractivity contribution in [2.24, 2.45) is 7.05 Å². The molecule has 0 saturated carbocycles. The van der Waals surface area contributed by atoms with Crippen molar-refractivity contribution in [3.63, 3.8) is 0 Å². The highest BCUT2D eigenvalue weighted by molar-refractivity contribution is 9.10. The Bertz CT molecular complexity index is 523. The van der Waals surface area contributed by atoms with Gasteiger partial charge in [0, 0.05) is 17.1 Å². The molecule has 6 heteroatoms. The molecule has 1 heterocycles. The van der Waals surface area contributed by atoms with Gasteiger partial charge in [0.1, 0.15) is 0 Å². The molecule has 0 aliphatic rings. The summed E-state index contributed by atoms with van der Waals surface area (Å²) >= 11 is 3.31. The highest BCUT2D eigenvalue weighted by Gasteiger charge is 2.07. The number of halogens is 1. The number of benzene rings is 1. The maximum absolute atomic E-state index is 11.8. The van der Waals surface area contributed by atoms with Crippen molar-refractivity contribution in [2.45, 2.75) is 0 Å². The molecule has 0 bridgehead atoms. The average molecular weight is 281 g/mol. The zero-order valence-corrected chi connectivity index (χ0v) is 10.1. The van der Waals surface area contributed by atoms with E-state index in [0.717, 1.165) is 4.47 Å². The first-order chi connectivity index (χ1) is 7.65. The number of carbonyl (C=O) groups is 1. The molecule has 5 nitrogen and oxygen atoms in total. The standard InChI is InChI=1S/C10H9BrN4O/c1-15-6-9(13-14-15)12-10(16)7-3-2-4-8(11)5-7/h2-6H,1H3,(H,12,16). The van der Waals surface area contributed by atoms with Gasteiger partial charge in [-0.15, -0.1) is 5.10 Å². The van der Waals surface area contributed by atoms with Crippen LogP contribution in [0.1, 0.15) is 10.4 Å². The van der Waals surface area contributed by atoms with Crippen LogP contribution in [0.25, 0.3) is 0 Å². The van der Waals surface area contributed by atoms with Gasteiger partial charge in [0.25, 0.3) is 5.91 Å². The van der Waals surface area contributed by atoms with Gasteiger partial charge in [0.2, 0.25) is 0 Å². The van der Waals surface area contributed by atoms with E-state index in [2.05, 4.69) is 31.6 Å². The van der Waals surface area contributed by atoms with Gasteiger partial charge in [-0.05, 0) is 18.2 Å². The van der Waals surface area contributed by atoms with E-state index in [-0.39, 0.29) is 5.91 Å². The predicted octanol–water partition coefficient (Wildman–Crippen LogP) is 1.83. The minimum Gasteiger partial charge on any atom is -0.304 e. The van der Waals surface area contributed by atoms with Gasteiger partial charge in [-0.25, -0.2) is 0 Å². The fraction of sp³-hybridized carbons (Fsp3) is 0.100. The van der Waals surface area contributed by atoms with Gasteiger partial charge in [0.15, 0.2) is 5.82 Å². The quantitative estimate of drug-likeness (QED) is 0.913. The normalized spacial score (nSPS) is 10.1. The molecule has 1 N–H and O–H groups in total. The molecule has 0 radical (unpaired) electrons. The van der Waals surface area contributed by atoms with Gasteiger partial charge in [-0.3, -0.25) is 9.48 Å². The monoisotopic (exact) mass is 280 g/mol. The van der Waals surface area contributed by atoms with Crippen LogP contribution in [0.4, 0.5) is 5.82 Å². The first-order valence-electron chi connectivity index (χ1n) is 4.58. The minimum atomic E-state index is -0.207. The molecule has 2 rings (SSSR count). The molecule has 0 aliphatic carbocycles. The van der Waals surface area contributed by atoms with Crippen LogP contribution in [0, 0.1) is 0 Å². The van der Waals surface area contributed by atoms with Crippen LogP contribution in [0.5, 0.6) is 0 Å². The summed E-state index contributed by atoms with van der Waals surface area (Å²) in [6.45, 7) is 0. The third kappa shape index (κ3) is 2.46. The number of carbonyl (C=O) groups excluding carboxylic acids is 1. The van der Waals surface area contributed by atoms with Crippen LogP contribution >= 0.6 is 15.9 Å². The molecule has 0 fully saturated rings. The molecular formula is C10H9BrN4O. The number of nitrogens with zero attached hydrogens (tertiary/aromatic N) is 3. The smallest absolute Gasteiger partial charge is 0.256 e. The summed E-state index contributed by atoms with van der Waals surface area (Å²) in [6.07, 6.45) is 1.63. The molecule has 1 aromatic carbocycles. The van der Waals surface area contributed by atoms with E-state index in [9.17, 15) is 4.79 Å². The Morgan fingerprint density at radius 1 is 1.50 bits per heavy atom. The van der Waals surface area contributed by atoms with E-state index >= 15 is 0 Å². The van der Waals surface area contributed by atoms with Crippen LogP contribution in [0.3, 0.4) is 0 Å². The minimum absolute atomic E-state index is 0.207. The van der Waals surface area contributed by atoms with Crippen molar-refractivity contribution in [3.8, 4) is 0 Å². The summed E-state index contributed by atoms with van der Waals surface area (Å²) in [4.78, 5) is 11.8. The summed E-state index contributed by atoms with van der Waals surface area (Å²) in [5.74, 6) is 0.231. The average Bonchev–Trinajstić information content (AvgIpc) is 2.64. The first kappa shape index (κ1) is 10.8. The molecule has 0 aliphatic heterocycles. The number of hydrogen-bond donors (Lipinski definition) is 1. The summed E-state index contributed by atoms with van der Waals surface area (Å²) < 4.78 is 2.38. The lowest BCUT2D eigenvalue weighted by Crippen LogP contribution is -2.12. The van der Waals surface area contributed by atoms with Gasteiger partial charge in [0.05, 0.1) is 6.20 Å². The van der Waals surface area contributed by atoms with Crippen LogP contribution in [-0.4, -0.2) is 20.9 Å². The topological polar surface area (TPSA) is 59.8 Å². The Labute approximate surface area is 101 Å². The van der Waals surface area contributed by atoms with Crippen molar-refractivity contribution in [1.82, 2.24) is 15.0 Å². The van der Waals surface area contributed by atoms with Crippen molar-refractivity contribution in [3.05, 3.63) is 40.5 Å². The Morgan fingerprint density at radius 3 is 2.94 bits per heavy atom. The number of anilines is 1. The van der Waals surface area contributed by atoms with Crippen LogP contribution in [-0.2, 0) is 7.05 Å². The second-order valence-electron chi connectivity index (χ2n) is 3.24. The van der Waals surface area contributed by atoms with Gasteiger partial charge >= 0.3 is 0 Å². The largest absolute Gasteiger partial charge is 0.304 e. The van der Waals surface area contributed by atoms with E-state index in [4.69, 9.17) is 0 Å². The number of aromatic nitrogens is 3. The third-order valence-electron chi connectivity index (χ3n) is 1.93. The third-order valence-corrected chi connectivity index (χ3v) is 2.42. The number of aryl methyl sites for hydroxylation is 1. The molecule has 0 unspecified atom stereocenters. The molecular weight excluding hydrogens is 272 g/mol. The van der Waals surface area contributed by atoms with Crippen molar-refractivity contribution in [2.75, 3.05) is 5.32 Å². The Balaban J connectivity index is 2.14. The lowest BCUT2D eigenvalue weighted by Gasteiger charge is -2.01. The lowest BCUT2D eigenvalue weighted by molar-refractivity contribution is 0.102. The molecule has 82 valence electrons. The number of rotatable bonds is 2. The maximum atomic E-state index is 11.8. The Kier molecular flexibility index (Phi) is 3.00. The van der Waals surface area contributed by atoms with E-state index < -0.39 is 0 Å². The van der Waals surface area contributed by atoms with Gasteiger partial charge in [-0.1, -0.05) is 27.2 Å². The number of nitrogens with one attached hydrogen (secondary N) is 1. The fourth-order valence-corrected chi connectivity index (χ4v) is 1.62. The summed E-state index contributed by atoms with van der Waals surface area (Å²) in [5.41, 5.74) is 0.569. The molecule has 2 aromatic rings. The first-order valence-corrected chi connectivity index (χ1v) is 5.38. The molecule has 16 heavy (non-hydrogen) atoms. The summed E-state index contributed by atoms with van der Waals surface area (Å²) in [5, 5.41) is 10.1. The van der Waals surface area contributed by atoms with Crippen molar-refractivity contribution >= 4 is 27.7 Å². The lowest BCUT2D eigenvalue weighted by atomic mass is 10.2. The number of amides is 1. The van der Waals surface area contributed by atoms with E-state index in [1.165, 1.54) is 4.68 Å². The molecule has 1 aromatic heterocycles. The Hall–Kier alpha value is -1.69. The molecule has 0 spiro atoms. The fourth-order valence-electron chi connectivity index (χ4n) is 1.22. The summed E-state index contributed by atoms with van der Waals surface area (Å²) in [7, 11) is 1.74. The summed E-state index contributed by atoms with van der Waals surface area (Å²) in [6, 6.07) is 7.14. The highest BCUT2D eigenvalue weighted by atomic mass is 79.9. The zero-order chi connectivity index (χ0) is 11.5. The molecule has 0 saturated heterocycles. The van der Waals surface area contributed by atoms with Crippen molar-refractivity contribution < 1.29 is 4.79 Å². The SMILES string of the molecule is Cn1cc(NC(=O)c2cccc(Br)c2)nn1. The van der Waals surface area contributed by atoms with Gasteiger partial charge < -0.3 is 5.32 Å². The van der Waals surface area contributed by atoms with Crippen LogP contribution in [0.15, 0.2) is 34.9 Å². The maximum Gasteiger partial charge on any atom is 0.256 e. The Morgan fingerprint density at radius 2 is 2.31 bits per heavy atom. The van der Waals surface area contributed by atoms with E-state index in [0.29, 0.717) is 11.4 Å². The molecule has 0 atom stereocenters. The zero-order valence-electron chi connectivity index (χ0n) is 8.51. The second kappa shape index (κ2) is 4.44. The van der Waals surface area contributed by atoms with Crippen LogP contribution < -0.4 is 5.32 Å². The van der Waals surface area contributed by atoms with E-state index in [1.54, 1.807) is 31.4 Å². The predicted molar refractivity (Wildman–Crippen MR) is 63.1 cm³/mol. The second-order valence-corrected chi connectivity index (χ2v) is 4.16.